The van der Waals surface area contributed by atoms with Crippen molar-refractivity contribution >= 4 is 29.3 Å². The highest BCUT2D eigenvalue weighted by Gasteiger charge is 2.52. The molecular formula is C16H20N2O2S. The summed E-state index contributed by atoms with van der Waals surface area (Å²) >= 11 is 1.72. The van der Waals surface area contributed by atoms with Gasteiger partial charge in [-0.3, -0.25) is 9.59 Å². The Balaban J connectivity index is 1.78. The van der Waals surface area contributed by atoms with Crippen molar-refractivity contribution in [2.75, 3.05) is 11.1 Å². The van der Waals surface area contributed by atoms with E-state index in [0.717, 1.165) is 23.2 Å². The van der Waals surface area contributed by atoms with Gasteiger partial charge in [-0.05, 0) is 50.5 Å². The lowest BCUT2D eigenvalue weighted by Gasteiger charge is -2.29. The van der Waals surface area contributed by atoms with Gasteiger partial charge in [-0.1, -0.05) is 6.07 Å². The van der Waals surface area contributed by atoms with Crippen LogP contribution in [0.5, 0.6) is 0 Å². The molecule has 1 aromatic rings. The minimum absolute atomic E-state index is 0.0773. The Morgan fingerprint density at radius 3 is 2.67 bits per heavy atom. The van der Waals surface area contributed by atoms with Gasteiger partial charge in [0, 0.05) is 17.9 Å². The van der Waals surface area contributed by atoms with Gasteiger partial charge in [-0.25, -0.2) is 0 Å². The molecule has 0 radical (unpaired) electrons. The first-order valence-electron chi connectivity index (χ1n) is 7.24. The van der Waals surface area contributed by atoms with Gasteiger partial charge < -0.3 is 10.2 Å². The first kappa shape index (κ1) is 14.4. The summed E-state index contributed by atoms with van der Waals surface area (Å²) in [7, 11) is 0. The summed E-state index contributed by atoms with van der Waals surface area (Å²) in [4.78, 5) is 26.2. The second-order valence-electron chi connectivity index (χ2n) is 6.13. The Morgan fingerprint density at radius 2 is 2.00 bits per heavy atom. The molecule has 0 aromatic heterocycles. The summed E-state index contributed by atoms with van der Waals surface area (Å²) < 4.78 is 0. The highest BCUT2D eigenvalue weighted by Crippen LogP contribution is 2.47. The van der Waals surface area contributed by atoms with Crippen LogP contribution < -0.4 is 5.32 Å². The highest BCUT2D eigenvalue weighted by atomic mass is 32.2. The molecule has 2 atom stereocenters. The zero-order valence-corrected chi connectivity index (χ0v) is 13.4. The molecule has 0 aliphatic carbocycles. The predicted octanol–water partition coefficient (Wildman–Crippen LogP) is 2.70. The Hall–Kier alpha value is -1.49. The van der Waals surface area contributed by atoms with Crippen molar-refractivity contribution in [2.45, 2.75) is 44.5 Å². The van der Waals surface area contributed by atoms with Crippen LogP contribution in [0.4, 0.5) is 5.69 Å². The van der Waals surface area contributed by atoms with E-state index in [1.165, 1.54) is 0 Å². The normalized spacial score (nSPS) is 27.9. The lowest BCUT2D eigenvalue weighted by Crippen LogP contribution is -2.48. The van der Waals surface area contributed by atoms with E-state index in [1.54, 1.807) is 16.7 Å². The average molecular weight is 304 g/mol. The third-order valence-electron chi connectivity index (χ3n) is 4.24. The van der Waals surface area contributed by atoms with Gasteiger partial charge in [-0.2, -0.15) is 0 Å². The van der Waals surface area contributed by atoms with Crippen LogP contribution in [0.3, 0.4) is 0 Å². The van der Waals surface area contributed by atoms with Crippen molar-refractivity contribution < 1.29 is 9.59 Å². The molecule has 4 nitrogen and oxygen atoms in total. The van der Waals surface area contributed by atoms with Crippen LogP contribution in [0, 0.1) is 13.8 Å². The number of hydrogen-bond donors (Lipinski definition) is 1. The highest BCUT2D eigenvalue weighted by molar-refractivity contribution is 8.01. The van der Waals surface area contributed by atoms with Crippen LogP contribution in [0.2, 0.25) is 0 Å². The number of carbonyl (C=O) groups excluding carboxylic acids is 2. The Bertz CT molecular complexity index is 596. The molecule has 2 saturated heterocycles. The summed E-state index contributed by atoms with van der Waals surface area (Å²) in [6, 6.07) is 5.63. The minimum Gasteiger partial charge on any atom is -0.324 e. The lowest BCUT2D eigenvalue weighted by molar-refractivity contribution is -0.135. The Kier molecular flexibility index (Phi) is 3.48. The monoisotopic (exact) mass is 304 g/mol. The Labute approximate surface area is 129 Å². The maximum absolute atomic E-state index is 12.5. The van der Waals surface area contributed by atoms with E-state index in [0.29, 0.717) is 12.2 Å². The molecular weight excluding hydrogens is 284 g/mol. The predicted molar refractivity (Wildman–Crippen MR) is 85.3 cm³/mol. The number of carbonyl (C=O) groups is 2. The van der Waals surface area contributed by atoms with Crippen LogP contribution in [-0.4, -0.2) is 33.4 Å². The van der Waals surface area contributed by atoms with Gasteiger partial charge in [0.05, 0.1) is 4.87 Å². The maximum Gasteiger partial charge on any atom is 0.248 e. The number of fused-ring (bicyclic) bond motifs is 1. The van der Waals surface area contributed by atoms with Gasteiger partial charge in [0.15, 0.2) is 0 Å². The summed E-state index contributed by atoms with van der Waals surface area (Å²) in [5, 5.41) is 2.97. The van der Waals surface area contributed by atoms with E-state index in [-0.39, 0.29) is 22.7 Å². The van der Waals surface area contributed by atoms with E-state index < -0.39 is 0 Å². The van der Waals surface area contributed by atoms with Gasteiger partial charge in [-0.15, -0.1) is 11.8 Å². The van der Waals surface area contributed by atoms with Crippen molar-refractivity contribution in [3.8, 4) is 0 Å². The lowest BCUT2D eigenvalue weighted by atomic mass is 10.1. The van der Waals surface area contributed by atoms with Crippen molar-refractivity contribution in [1.29, 1.82) is 0 Å². The van der Waals surface area contributed by atoms with Crippen molar-refractivity contribution in [1.82, 2.24) is 4.90 Å². The first-order chi connectivity index (χ1) is 9.89. The molecule has 5 heteroatoms. The molecule has 2 fully saturated rings. The second kappa shape index (κ2) is 5.05. The van der Waals surface area contributed by atoms with Crippen LogP contribution in [0.25, 0.3) is 0 Å². The standard InChI is InChI=1S/C16H20N2O2S/c1-10-6-11(2)8-12(7-10)17-15(20)13-9-21-16(3)5-4-14(19)18(13)16/h6-8,13H,4-5,9H2,1-3H3,(H,17,20)/t13-,16-/m0/s1. The summed E-state index contributed by atoms with van der Waals surface area (Å²) in [6.45, 7) is 6.08. The van der Waals surface area contributed by atoms with E-state index in [9.17, 15) is 9.59 Å². The summed E-state index contributed by atoms with van der Waals surface area (Å²) in [5.74, 6) is 0.702. The molecule has 0 unspecified atom stereocenters. The van der Waals surface area contributed by atoms with Crippen molar-refractivity contribution in [3.63, 3.8) is 0 Å². The molecule has 2 heterocycles. The van der Waals surface area contributed by atoms with Gasteiger partial charge in [0.2, 0.25) is 11.8 Å². The smallest absolute Gasteiger partial charge is 0.248 e. The van der Waals surface area contributed by atoms with Crippen LogP contribution in [-0.2, 0) is 9.59 Å². The molecule has 1 aromatic carbocycles. The van der Waals surface area contributed by atoms with Gasteiger partial charge in [0.25, 0.3) is 0 Å². The van der Waals surface area contributed by atoms with Crippen molar-refractivity contribution in [3.05, 3.63) is 29.3 Å². The number of nitrogens with one attached hydrogen (secondary N) is 1. The van der Waals surface area contributed by atoms with Gasteiger partial charge in [0.1, 0.15) is 6.04 Å². The third-order valence-corrected chi connectivity index (χ3v) is 5.74. The fraction of sp³-hybridized carbons (Fsp3) is 0.500. The van der Waals surface area contributed by atoms with Gasteiger partial charge >= 0.3 is 0 Å². The molecule has 0 bridgehead atoms. The van der Waals surface area contributed by atoms with E-state index in [1.807, 2.05) is 26.0 Å². The molecule has 3 rings (SSSR count). The SMILES string of the molecule is Cc1cc(C)cc(NC(=O)[C@@H]2CS[C@@]3(C)CCC(=O)N23)c1. The van der Waals surface area contributed by atoms with E-state index >= 15 is 0 Å². The average Bonchev–Trinajstić information content (AvgIpc) is 2.86. The summed E-state index contributed by atoms with van der Waals surface area (Å²) in [5.41, 5.74) is 3.05. The van der Waals surface area contributed by atoms with Crippen LogP contribution >= 0.6 is 11.8 Å². The molecule has 0 saturated carbocycles. The van der Waals surface area contributed by atoms with E-state index in [2.05, 4.69) is 18.3 Å². The maximum atomic E-state index is 12.5. The fourth-order valence-corrected chi connectivity index (χ4v) is 4.72. The molecule has 2 aliphatic heterocycles. The van der Waals surface area contributed by atoms with Crippen LogP contribution in [0.1, 0.15) is 30.9 Å². The number of rotatable bonds is 2. The number of amides is 2. The number of aryl methyl sites for hydroxylation is 2. The third kappa shape index (κ3) is 2.55. The fourth-order valence-electron chi connectivity index (χ4n) is 3.29. The second-order valence-corrected chi connectivity index (χ2v) is 7.63. The topological polar surface area (TPSA) is 49.4 Å². The number of hydrogen-bond acceptors (Lipinski definition) is 3. The minimum atomic E-state index is -0.351. The molecule has 21 heavy (non-hydrogen) atoms. The largest absolute Gasteiger partial charge is 0.324 e. The van der Waals surface area contributed by atoms with E-state index in [4.69, 9.17) is 0 Å². The number of nitrogens with zero attached hydrogens (tertiary/aromatic N) is 1. The van der Waals surface area contributed by atoms with Crippen LogP contribution in [0.15, 0.2) is 18.2 Å². The number of anilines is 1. The zero-order chi connectivity index (χ0) is 15.2. The molecule has 0 spiro atoms. The quantitative estimate of drug-likeness (QED) is 0.914. The zero-order valence-electron chi connectivity index (χ0n) is 12.6. The summed E-state index contributed by atoms with van der Waals surface area (Å²) in [6.07, 6.45) is 1.39. The molecule has 2 aliphatic rings. The molecule has 1 N–H and O–H groups in total. The number of thioether (sulfide) groups is 1. The molecule has 112 valence electrons. The first-order valence-corrected chi connectivity index (χ1v) is 8.23. The molecule has 2 amide bonds. The van der Waals surface area contributed by atoms with Crippen molar-refractivity contribution in [2.24, 2.45) is 0 Å². The Morgan fingerprint density at radius 1 is 1.33 bits per heavy atom. The number of benzene rings is 1.